The van der Waals surface area contributed by atoms with Crippen LogP contribution in [0.5, 0.6) is 0 Å². The molecule has 1 nitrogen and oxygen atoms in total. The fourth-order valence-electron chi connectivity index (χ4n) is 11.0. The minimum Gasteiger partial charge on any atom is -0.310 e. The maximum Gasteiger partial charge on any atom is 0.0474 e. The summed E-state index contributed by atoms with van der Waals surface area (Å²) in [5.74, 6) is 0.667. The summed E-state index contributed by atoms with van der Waals surface area (Å²) in [7, 11) is 0. The molecule has 0 heterocycles. The van der Waals surface area contributed by atoms with Gasteiger partial charge in [0.1, 0.15) is 0 Å². The fraction of sp³-hybridized carbons (Fsp3) is 0.207. The predicted octanol–water partition coefficient (Wildman–Crippen LogP) is 16.3. The highest BCUT2D eigenvalue weighted by Crippen LogP contribution is 2.53. The van der Waals surface area contributed by atoms with E-state index in [1.165, 1.54) is 132 Å². The van der Waals surface area contributed by atoms with Crippen molar-refractivity contribution < 1.29 is 0 Å². The van der Waals surface area contributed by atoms with E-state index in [1.807, 2.05) is 0 Å². The zero-order chi connectivity index (χ0) is 39.9. The molecule has 0 saturated heterocycles. The molecule has 8 aromatic carbocycles. The van der Waals surface area contributed by atoms with E-state index in [0.29, 0.717) is 5.92 Å². The third-order valence-corrected chi connectivity index (χ3v) is 14.3. The van der Waals surface area contributed by atoms with E-state index in [9.17, 15) is 0 Å². The van der Waals surface area contributed by atoms with Gasteiger partial charge in [0, 0.05) is 27.9 Å². The van der Waals surface area contributed by atoms with Gasteiger partial charge in [-0.05, 0) is 150 Å². The van der Waals surface area contributed by atoms with Gasteiger partial charge in [-0.25, -0.2) is 0 Å². The van der Waals surface area contributed by atoms with Crippen molar-refractivity contribution in [3.63, 3.8) is 0 Å². The summed E-state index contributed by atoms with van der Waals surface area (Å²) in [5, 5.41) is 2.51. The molecule has 0 N–H and O–H groups in total. The van der Waals surface area contributed by atoms with Gasteiger partial charge in [-0.3, -0.25) is 0 Å². The molecule has 1 heteroatoms. The first-order valence-electron chi connectivity index (χ1n) is 21.8. The third-order valence-electron chi connectivity index (χ3n) is 14.3. The SMILES string of the molecule is CC1(C)c2ccccc2-c2cc(-c3ccc4c(c3)-c3ccc(N(c5ccc(C6CCCCC6)cc5)c5cc(-c6ccccc6)c6ccccc6c5)cc3C4(C)C)ccc21. The Labute approximate surface area is 350 Å². The molecule has 3 aliphatic carbocycles. The molecular weight excluding hydrogens is 711 g/mol. The zero-order valence-corrected chi connectivity index (χ0v) is 34.7. The molecular formula is C58H51N. The summed E-state index contributed by atoms with van der Waals surface area (Å²) in [6.07, 6.45) is 6.65. The van der Waals surface area contributed by atoms with Crippen LogP contribution in [0.3, 0.4) is 0 Å². The van der Waals surface area contributed by atoms with E-state index in [2.05, 4.69) is 202 Å². The number of hydrogen-bond donors (Lipinski definition) is 0. The summed E-state index contributed by atoms with van der Waals surface area (Å²) < 4.78 is 0. The zero-order valence-electron chi connectivity index (χ0n) is 34.7. The molecule has 288 valence electrons. The van der Waals surface area contributed by atoms with Gasteiger partial charge in [0.15, 0.2) is 0 Å². The standard InChI is InChI=1S/C58H51N/c1-57(2)53-22-14-13-21-48(53)51-34-41(25-31-54(51)57)42-26-32-55-52(35-42)49-30-29-45(37-56(49)58(55,3)4)59(44-27-23-39(24-28-44)38-15-7-5-8-16-38)46-33-43-19-11-12-20-47(43)50(36-46)40-17-9-6-10-18-40/h6,9-14,17-38H,5,7-8,15-16H2,1-4H3. The van der Waals surface area contributed by atoms with Crippen molar-refractivity contribution in [2.24, 2.45) is 0 Å². The van der Waals surface area contributed by atoms with Crippen LogP contribution in [-0.4, -0.2) is 0 Å². The Balaban J connectivity index is 1.03. The smallest absolute Gasteiger partial charge is 0.0474 e. The average molecular weight is 762 g/mol. The van der Waals surface area contributed by atoms with Crippen LogP contribution in [-0.2, 0) is 10.8 Å². The van der Waals surface area contributed by atoms with Crippen LogP contribution >= 0.6 is 0 Å². The highest BCUT2D eigenvalue weighted by atomic mass is 15.1. The van der Waals surface area contributed by atoms with Crippen molar-refractivity contribution in [1.82, 2.24) is 0 Å². The van der Waals surface area contributed by atoms with Crippen molar-refractivity contribution in [1.29, 1.82) is 0 Å². The minimum absolute atomic E-state index is 0.00430. The Bertz CT molecular complexity index is 2910. The number of hydrogen-bond acceptors (Lipinski definition) is 1. The van der Waals surface area contributed by atoms with Crippen LogP contribution in [0.15, 0.2) is 170 Å². The largest absolute Gasteiger partial charge is 0.310 e. The number of benzene rings is 8. The quantitative estimate of drug-likeness (QED) is 0.163. The normalized spacial score (nSPS) is 16.0. The Morgan fingerprint density at radius 1 is 0.390 bits per heavy atom. The Morgan fingerprint density at radius 3 is 1.71 bits per heavy atom. The summed E-state index contributed by atoms with van der Waals surface area (Å²) in [6, 6.07) is 64.6. The van der Waals surface area contributed by atoms with Crippen molar-refractivity contribution in [3.8, 4) is 44.5 Å². The molecule has 0 aromatic heterocycles. The Morgan fingerprint density at radius 2 is 0.983 bits per heavy atom. The van der Waals surface area contributed by atoms with E-state index in [1.54, 1.807) is 0 Å². The van der Waals surface area contributed by atoms with Gasteiger partial charge < -0.3 is 4.90 Å². The molecule has 11 rings (SSSR count). The second-order valence-electron chi connectivity index (χ2n) is 18.4. The van der Waals surface area contributed by atoms with Crippen LogP contribution in [0.25, 0.3) is 55.3 Å². The fourth-order valence-corrected chi connectivity index (χ4v) is 11.0. The molecule has 0 atom stereocenters. The summed E-state index contributed by atoms with van der Waals surface area (Å²) in [4.78, 5) is 2.50. The maximum absolute atomic E-state index is 2.50. The van der Waals surface area contributed by atoms with Crippen molar-refractivity contribution in [2.75, 3.05) is 4.90 Å². The van der Waals surface area contributed by atoms with Gasteiger partial charge in [0.05, 0.1) is 0 Å². The van der Waals surface area contributed by atoms with E-state index >= 15 is 0 Å². The lowest BCUT2D eigenvalue weighted by atomic mass is 9.81. The predicted molar refractivity (Wildman–Crippen MR) is 250 cm³/mol. The molecule has 59 heavy (non-hydrogen) atoms. The molecule has 0 amide bonds. The van der Waals surface area contributed by atoms with E-state index in [-0.39, 0.29) is 10.8 Å². The van der Waals surface area contributed by atoms with Gasteiger partial charge in [-0.1, -0.05) is 168 Å². The molecule has 0 spiro atoms. The van der Waals surface area contributed by atoms with Crippen LogP contribution in [0, 0.1) is 0 Å². The second kappa shape index (κ2) is 13.7. The summed E-state index contributed by atoms with van der Waals surface area (Å²) in [6.45, 7) is 9.52. The van der Waals surface area contributed by atoms with Crippen molar-refractivity contribution >= 4 is 27.8 Å². The first kappa shape index (κ1) is 35.9. The van der Waals surface area contributed by atoms with Gasteiger partial charge >= 0.3 is 0 Å². The number of nitrogens with zero attached hydrogens (tertiary/aromatic N) is 1. The van der Waals surface area contributed by atoms with E-state index in [0.717, 1.165) is 0 Å². The lowest BCUT2D eigenvalue weighted by molar-refractivity contribution is 0.443. The van der Waals surface area contributed by atoms with Crippen LogP contribution in [0.2, 0.25) is 0 Å². The lowest BCUT2D eigenvalue weighted by Crippen LogP contribution is -2.16. The molecule has 0 bridgehead atoms. The number of fused-ring (bicyclic) bond motifs is 7. The average Bonchev–Trinajstić information content (AvgIpc) is 3.65. The number of anilines is 3. The molecule has 0 radical (unpaired) electrons. The van der Waals surface area contributed by atoms with Gasteiger partial charge in [-0.15, -0.1) is 0 Å². The first-order chi connectivity index (χ1) is 28.8. The van der Waals surface area contributed by atoms with Crippen LogP contribution < -0.4 is 4.90 Å². The summed E-state index contributed by atoms with van der Waals surface area (Å²) >= 11 is 0. The van der Waals surface area contributed by atoms with Crippen molar-refractivity contribution in [2.45, 2.75) is 76.5 Å². The van der Waals surface area contributed by atoms with Crippen LogP contribution in [0.1, 0.15) is 93.5 Å². The Hall–Kier alpha value is -6.18. The highest BCUT2D eigenvalue weighted by molar-refractivity contribution is 6.01. The number of rotatable bonds is 6. The first-order valence-corrected chi connectivity index (χ1v) is 21.8. The molecule has 0 unspecified atom stereocenters. The monoisotopic (exact) mass is 761 g/mol. The minimum atomic E-state index is -0.158. The van der Waals surface area contributed by atoms with E-state index < -0.39 is 0 Å². The van der Waals surface area contributed by atoms with Gasteiger partial charge in [-0.2, -0.15) is 0 Å². The highest BCUT2D eigenvalue weighted by Gasteiger charge is 2.38. The van der Waals surface area contributed by atoms with Crippen molar-refractivity contribution in [3.05, 3.63) is 198 Å². The molecule has 1 fully saturated rings. The summed E-state index contributed by atoms with van der Waals surface area (Å²) in [5.41, 5.74) is 20.9. The lowest BCUT2D eigenvalue weighted by Gasteiger charge is -2.29. The molecule has 8 aromatic rings. The van der Waals surface area contributed by atoms with Gasteiger partial charge in [0.2, 0.25) is 0 Å². The molecule has 1 saturated carbocycles. The van der Waals surface area contributed by atoms with Gasteiger partial charge in [0.25, 0.3) is 0 Å². The molecule has 0 aliphatic heterocycles. The third kappa shape index (κ3) is 5.81. The van der Waals surface area contributed by atoms with Crippen LogP contribution in [0.4, 0.5) is 17.1 Å². The Kier molecular flexibility index (Phi) is 8.35. The topological polar surface area (TPSA) is 3.24 Å². The molecule has 3 aliphatic rings. The maximum atomic E-state index is 2.50. The van der Waals surface area contributed by atoms with E-state index in [4.69, 9.17) is 0 Å². The second-order valence-corrected chi connectivity index (χ2v) is 18.4.